The third kappa shape index (κ3) is 4.14. The molecule has 0 spiro atoms. The fourth-order valence-electron chi connectivity index (χ4n) is 3.35. The van der Waals surface area contributed by atoms with Gasteiger partial charge in [-0.05, 0) is 12.1 Å². The lowest BCUT2D eigenvalue weighted by molar-refractivity contribution is -0.118. The molecule has 0 radical (unpaired) electrons. The summed E-state index contributed by atoms with van der Waals surface area (Å²) in [5, 5.41) is 22.1. The van der Waals surface area contributed by atoms with E-state index < -0.39 is 42.6 Å². The second kappa shape index (κ2) is 8.81. The number of amides is 1. The lowest BCUT2D eigenvalue weighted by Crippen LogP contribution is -2.34. The van der Waals surface area contributed by atoms with Crippen LogP contribution in [0.15, 0.2) is 41.5 Å². The van der Waals surface area contributed by atoms with Gasteiger partial charge >= 0.3 is 0 Å². The summed E-state index contributed by atoms with van der Waals surface area (Å²) < 4.78 is 17.8. The number of aromatic nitrogens is 4. The van der Waals surface area contributed by atoms with Crippen LogP contribution in [0.5, 0.6) is 5.75 Å². The maximum atomic E-state index is 12.4. The zero-order chi connectivity index (χ0) is 22.0. The highest BCUT2D eigenvalue weighted by atomic mass is 16.6. The van der Waals surface area contributed by atoms with Gasteiger partial charge < -0.3 is 24.4 Å². The van der Waals surface area contributed by atoms with E-state index in [9.17, 15) is 19.8 Å². The van der Waals surface area contributed by atoms with Crippen molar-refractivity contribution in [1.82, 2.24) is 19.5 Å². The molecule has 12 nitrogen and oxygen atoms in total. The van der Waals surface area contributed by atoms with Gasteiger partial charge in [0.15, 0.2) is 24.0 Å². The third-order valence-corrected chi connectivity index (χ3v) is 4.84. The molecule has 0 aliphatic carbocycles. The molecule has 0 bridgehead atoms. The number of nitrogens with zero attached hydrogens (tertiary/aromatic N) is 3. The van der Waals surface area contributed by atoms with Gasteiger partial charge in [-0.25, -0.2) is 4.98 Å². The van der Waals surface area contributed by atoms with E-state index in [4.69, 9.17) is 14.2 Å². The number of ether oxygens (including phenoxy) is 3. The maximum Gasteiger partial charge on any atom is 0.280 e. The quantitative estimate of drug-likeness (QED) is 0.383. The number of carbonyl (C=O) groups excluding carboxylic acids is 1. The molecule has 1 aliphatic rings. The molecule has 1 amide bonds. The Balaban J connectivity index is 1.56. The zero-order valence-electron chi connectivity index (χ0n) is 16.5. The monoisotopic (exact) mass is 431 g/mol. The normalized spacial score (nSPS) is 23.2. The summed E-state index contributed by atoms with van der Waals surface area (Å²) in [6, 6.07) is 8.79. The van der Waals surface area contributed by atoms with Crippen molar-refractivity contribution in [2.45, 2.75) is 24.5 Å². The molecule has 2 aromatic heterocycles. The Morgan fingerprint density at radius 3 is 2.84 bits per heavy atom. The van der Waals surface area contributed by atoms with Crippen LogP contribution in [0.3, 0.4) is 0 Å². The summed E-state index contributed by atoms with van der Waals surface area (Å²) >= 11 is 0. The van der Waals surface area contributed by atoms with E-state index in [1.165, 1.54) is 18.0 Å². The molecular formula is C19H21N5O7. The van der Waals surface area contributed by atoms with E-state index in [2.05, 4.69) is 20.3 Å². The lowest BCUT2D eigenvalue weighted by Gasteiger charge is -2.20. The first-order chi connectivity index (χ1) is 15.0. The highest BCUT2D eigenvalue weighted by Gasteiger charge is 2.45. The number of aliphatic hydroxyl groups excluding tert-OH is 2. The van der Waals surface area contributed by atoms with Crippen LogP contribution >= 0.6 is 0 Å². The zero-order valence-corrected chi connectivity index (χ0v) is 16.5. The SMILES string of the molecule is COC1[C@@H](O)[C@@H](CO)O[C@H]1n1cnc2c(=O)[nH]c(NC(=O)COc3ccccc3)nc21. The van der Waals surface area contributed by atoms with Crippen molar-refractivity contribution in [2.24, 2.45) is 0 Å². The van der Waals surface area contributed by atoms with Gasteiger partial charge in [-0.2, -0.15) is 4.98 Å². The number of rotatable bonds is 7. The summed E-state index contributed by atoms with van der Waals surface area (Å²) in [5.74, 6) is -0.110. The molecule has 0 saturated carbocycles. The minimum Gasteiger partial charge on any atom is -0.484 e. The molecule has 4 rings (SSSR count). The van der Waals surface area contributed by atoms with Crippen LogP contribution in [-0.4, -0.2) is 74.3 Å². The summed E-state index contributed by atoms with van der Waals surface area (Å²) in [5.41, 5.74) is -0.450. The molecule has 1 saturated heterocycles. The predicted octanol–water partition coefficient (Wildman–Crippen LogP) is -0.597. The molecule has 12 heteroatoms. The Bertz CT molecular complexity index is 1120. The fourth-order valence-corrected chi connectivity index (χ4v) is 3.35. The van der Waals surface area contributed by atoms with Crippen molar-refractivity contribution in [1.29, 1.82) is 0 Å². The average Bonchev–Trinajstić information content (AvgIpc) is 3.33. The summed E-state index contributed by atoms with van der Waals surface area (Å²) in [6.45, 7) is -0.701. The number of benzene rings is 1. The smallest absolute Gasteiger partial charge is 0.280 e. The van der Waals surface area contributed by atoms with Gasteiger partial charge in [0.1, 0.15) is 24.1 Å². The second-order valence-electron chi connectivity index (χ2n) is 6.83. The lowest BCUT2D eigenvalue weighted by atomic mass is 10.1. The highest BCUT2D eigenvalue weighted by molar-refractivity contribution is 5.90. The first-order valence-electron chi connectivity index (χ1n) is 9.43. The fraction of sp³-hybridized carbons (Fsp3) is 0.368. The summed E-state index contributed by atoms with van der Waals surface area (Å²) in [6.07, 6.45) is -2.35. The number of H-pyrrole nitrogens is 1. The predicted molar refractivity (Wildman–Crippen MR) is 107 cm³/mol. The molecule has 164 valence electrons. The number of aliphatic hydroxyl groups is 2. The molecule has 3 heterocycles. The van der Waals surface area contributed by atoms with Crippen LogP contribution in [0.4, 0.5) is 5.95 Å². The third-order valence-electron chi connectivity index (χ3n) is 4.84. The first-order valence-corrected chi connectivity index (χ1v) is 9.43. The Morgan fingerprint density at radius 2 is 2.13 bits per heavy atom. The van der Waals surface area contributed by atoms with Crippen LogP contribution < -0.4 is 15.6 Å². The van der Waals surface area contributed by atoms with Crippen LogP contribution in [0, 0.1) is 0 Å². The first kappa shape index (κ1) is 20.9. The van der Waals surface area contributed by atoms with Crippen molar-refractivity contribution in [2.75, 3.05) is 25.6 Å². The van der Waals surface area contributed by atoms with Gasteiger partial charge in [-0.15, -0.1) is 0 Å². The van der Waals surface area contributed by atoms with Crippen LogP contribution in [0.2, 0.25) is 0 Å². The van der Waals surface area contributed by atoms with Crippen LogP contribution in [0.1, 0.15) is 6.23 Å². The standard InChI is InChI=1S/C19H21N5O7/c1-29-15-14(27)11(7-25)31-18(15)24-9-20-13-16(24)22-19(23-17(13)28)21-12(26)8-30-10-5-3-2-4-6-10/h2-6,9,11,14-15,18,25,27H,7-8H2,1H3,(H2,21,22,23,26,28)/t11-,14+,15?,18-/m1/s1. The van der Waals surface area contributed by atoms with E-state index in [0.29, 0.717) is 5.75 Å². The summed E-state index contributed by atoms with van der Waals surface area (Å²) in [7, 11) is 1.39. The van der Waals surface area contributed by atoms with Gasteiger partial charge in [0.05, 0.1) is 12.9 Å². The number of methoxy groups -OCH3 is 1. The largest absolute Gasteiger partial charge is 0.484 e. The van der Waals surface area contributed by atoms with Crippen molar-refractivity contribution in [3.8, 4) is 5.75 Å². The molecule has 4 N–H and O–H groups in total. The molecule has 1 aliphatic heterocycles. The van der Waals surface area contributed by atoms with Crippen molar-refractivity contribution in [3.05, 3.63) is 47.0 Å². The van der Waals surface area contributed by atoms with Gasteiger partial charge in [0.2, 0.25) is 5.95 Å². The highest BCUT2D eigenvalue weighted by Crippen LogP contribution is 2.32. The van der Waals surface area contributed by atoms with Crippen molar-refractivity contribution < 1.29 is 29.2 Å². The minimum atomic E-state index is -1.09. The minimum absolute atomic E-state index is 0.0129. The Kier molecular flexibility index (Phi) is 5.95. The van der Waals surface area contributed by atoms with E-state index in [-0.39, 0.29) is 23.7 Å². The Hall–Kier alpha value is -3.32. The number of carbonyl (C=O) groups is 1. The van der Waals surface area contributed by atoms with E-state index in [0.717, 1.165) is 0 Å². The number of anilines is 1. The van der Waals surface area contributed by atoms with Gasteiger partial charge in [-0.1, -0.05) is 18.2 Å². The van der Waals surface area contributed by atoms with Crippen molar-refractivity contribution in [3.63, 3.8) is 0 Å². The van der Waals surface area contributed by atoms with Gasteiger partial charge in [0, 0.05) is 7.11 Å². The van der Waals surface area contributed by atoms with E-state index in [1.54, 1.807) is 24.3 Å². The molecule has 3 aromatic rings. The number of hydrogen-bond acceptors (Lipinski definition) is 9. The molecular weight excluding hydrogens is 410 g/mol. The van der Waals surface area contributed by atoms with E-state index in [1.807, 2.05) is 6.07 Å². The Labute approximate surface area is 175 Å². The maximum absolute atomic E-state index is 12.4. The Morgan fingerprint density at radius 1 is 1.35 bits per heavy atom. The number of hydrogen-bond donors (Lipinski definition) is 4. The number of imidazole rings is 1. The van der Waals surface area contributed by atoms with Crippen LogP contribution in [-0.2, 0) is 14.3 Å². The van der Waals surface area contributed by atoms with Gasteiger partial charge in [0.25, 0.3) is 11.5 Å². The second-order valence-corrected chi connectivity index (χ2v) is 6.83. The molecule has 4 atom stereocenters. The number of para-hydroxylation sites is 1. The van der Waals surface area contributed by atoms with Crippen LogP contribution in [0.25, 0.3) is 11.2 Å². The number of aromatic amines is 1. The topological polar surface area (TPSA) is 161 Å². The molecule has 1 unspecified atom stereocenters. The number of nitrogens with one attached hydrogen (secondary N) is 2. The molecule has 31 heavy (non-hydrogen) atoms. The summed E-state index contributed by atoms with van der Waals surface area (Å²) in [4.78, 5) is 35.4. The molecule has 1 fully saturated rings. The van der Waals surface area contributed by atoms with E-state index >= 15 is 0 Å². The van der Waals surface area contributed by atoms with Crippen molar-refractivity contribution >= 4 is 23.0 Å². The molecule has 1 aromatic carbocycles. The average molecular weight is 431 g/mol. The number of fused-ring (bicyclic) bond motifs is 1. The van der Waals surface area contributed by atoms with Gasteiger partial charge in [-0.3, -0.25) is 24.5 Å².